The number of aromatic hydroxyl groups is 2. The van der Waals surface area contributed by atoms with Crippen molar-refractivity contribution in [1.82, 2.24) is 0 Å². The van der Waals surface area contributed by atoms with Crippen LogP contribution in [0, 0.1) is 0 Å². The normalized spacial score (nSPS) is 11.4. The van der Waals surface area contributed by atoms with Crippen molar-refractivity contribution in [3.05, 3.63) is 60.9 Å². The molecule has 0 unspecified atom stereocenters. The highest BCUT2D eigenvalue weighted by atomic mass is 16.3. The van der Waals surface area contributed by atoms with Crippen molar-refractivity contribution in [2.45, 2.75) is 0 Å². The smallest absolute Gasteiger partial charge is 0.219 e. The molecule has 96 valence electrons. The molecule has 0 aliphatic heterocycles. The van der Waals surface area contributed by atoms with Gasteiger partial charge in [0.1, 0.15) is 0 Å². The largest absolute Gasteiger partial charge is 0.504 e. The summed E-state index contributed by atoms with van der Waals surface area (Å²) in [5, 5.41) is 23.4. The van der Waals surface area contributed by atoms with E-state index in [-0.39, 0.29) is 11.5 Å². The molecule has 4 aromatic rings. The minimum Gasteiger partial charge on any atom is -0.504 e. The van der Waals surface area contributed by atoms with E-state index in [9.17, 15) is 10.2 Å². The summed E-state index contributed by atoms with van der Waals surface area (Å²) in [4.78, 5) is 0. The van der Waals surface area contributed by atoms with Gasteiger partial charge in [0.25, 0.3) is 0 Å². The van der Waals surface area contributed by atoms with Crippen LogP contribution in [0.25, 0.3) is 27.1 Å². The van der Waals surface area contributed by atoms with Gasteiger partial charge in [-0.05, 0) is 29.0 Å². The molecule has 4 rings (SSSR count). The Labute approximate surface area is 115 Å². The van der Waals surface area contributed by atoms with Gasteiger partial charge in [0.2, 0.25) is 5.52 Å². The van der Waals surface area contributed by atoms with E-state index in [2.05, 4.69) is 12.1 Å². The fraction of sp³-hybridized carbons (Fsp3) is 0. The first kappa shape index (κ1) is 11.1. The lowest BCUT2D eigenvalue weighted by atomic mass is 10.1. The highest BCUT2D eigenvalue weighted by molar-refractivity contribution is 5.98. The molecule has 0 spiro atoms. The Kier molecular flexibility index (Phi) is 2.12. The lowest BCUT2D eigenvalue weighted by molar-refractivity contribution is -0.509. The third-order valence-electron chi connectivity index (χ3n) is 3.72. The first-order valence-electron chi connectivity index (χ1n) is 6.41. The average Bonchev–Trinajstić information content (AvgIpc) is 2.50. The molecule has 0 bridgehead atoms. The van der Waals surface area contributed by atoms with Crippen molar-refractivity contribution in [3.63, 3.8) is 0 Å². The molecule has 0 amide bonds. The van der Waals surface area contributed by atoms with Gasteiger partial charge in [-0.2, -0.15) is 4.40 Å². The quantitative estimate of drug-likeness (QED) is 0.221. The first-order valence-corrected chi connectivity index (χ1v) is 6.41. The number of hydrogen-bond donors (Lipinski definition) is 2. The minimum absolute atomic E-state index is 0.0786. The van der Waals surface area contributed by atoms with Gasteiger partial charge in [0, 0.05) is 12.1 Å². The molecule has 0 radical (unpaired) electrons. The predicted octanol–water partition coefficient (Wildman–Crippen LogP) is 3.14. The number of hydrogen-bond acceptors (Lipinski definition) is 2. The summed E-state index contributed by atoms with van der Waals surface area (Å²) >= 11 is 0. The van der Waals surface area contributed by atoms with Crippen LogP contribution in [0.4, 0.5) is 0 Å². The van der Waals surface area contributed by atoms with Crippen LogP contribution in [0.3, 0.4) is 0 Å². The summed E-state index contributed by atoms with van der Waals surface area (Å²) in [5.74, 6) is -0.178. The molecular formula is C17H12NO2+. The summed E-state index contributed by atoms with van der Waals surface area (Å²) in [5.41, 5.74) is 1.07. The van der Waals surface area contributed by atoms with Gasteiger partial charge < -0.3 is 10.2 Å². The molecule has 20 heavy (non-hydrogen) atoms. The molecule has 0 saturated heterocycles. The maximum atomic E-state index is 9.97. The van der Waals surface area contributed by atoms with Crippen molar-refractivity contribution >= 4 is 27.1 Å². The molecule has 0 fully saturated rings. The Balaban J connectivity index is 2.23. The number of fused-ring (bicyclic) bond motifs is 4. The Morgan fingerprint density at radius 3 is 2.55 bits per heavy atom. The van der Waals surface area contributed by atoms with E-state index in [1.54, 1.807) is 0 Å². The minimum atomic E-state index is -0.0989. The summed E-state index contributed by atoms with van der Waals surface area (Å²) < 4.78 is 1.96. The third kappa shape index (κ3) is 1.43. The van der Waals surface area contributed by atoms with Crippen LogP contribution in [0.5, 0.6) is 11.5 Å². The molecule has 3 nitrogen and oxygen atoms in total. The molecule has 0 atom stereocenters. The lowest BCUT2D eigenvalue weighted by Gasteiger charge is -2.03. The monoisotopic (exact) mass is 262 g/mol. The van der Waals surface area contributed by atoms with Crippen molar-refractivity contribution in [3.8, 4) is 11.5 Å². The lowest BCUT2D eigenvalue weighted by Crippen LogP contribution is -2.20. The van der Waals surface area contributed by atoms with Gasteiger partial charge in [-0.3, -0.25) is 0 Å². The van der Waals surface area contributed by atoms with E-state index in [1.165, 1.54) is 11.5 Å². The first-order chi connectivity index (χ1) is 9.74. The predicted molar refractivity (Wildman–Crippen MR) is 77.9 cm³/mol. The number of nitrogens with zero attached hydrogens (tertiary/aromatic N) is 1. The number of phenolic OH excluding ortho intramolecular Hbond substituents is 2. The number of rotatable bonds is 0. The van der Waals surface area contributed by atoms with E-state index < -0.39 is 0 Å². The highest BCUT2D eigenvalue weighted by Crippen LogP contribution is 2.33. The second-order valence-corrected chi connectivity index (χ2v) is 4.91. The molecule has 2 N–H and O–H groups in total. The standard InChI is InChI=1S/C17H11NO2/c19-16-6-5-12-9-15-13-4-2-1-3-11(13)7-8-18(15)10-14(12)17(16)20/h1-10,19H/p+1. The SMILES string of the molecule is Oc1ccc2cc3c4ccccc4cc[n+]3cc2c1O. The third-order valence-corrected chi connectivity index (χ3v) is 3.72. The fourth-order valence-corrected chi connectivity index (χ4v) is 2.68. The van der Waals surface area contributed by atoms with Gasteiger partial charge in [-0.25, -0.2) is 0 Å². The molecule has 2 heterocycles. The van der Waals surface area contributed by atoms with Crippen LogP contribution in [-0.2, 0) is 0 Å². The number of aromatic nitrogens is 1. The average molecular weight is 262 g/mol. The Hall–Kier alpha value is -2.81. The second-order valence-electron chi connectivity index (χ2n) is 4.91. The molecule has 3 heteroatoms. The zero-order valence-electron chi connectivity index (χ0n) is 10.6. The van der Waals surface area contributed by atoms with Crippen LogP contribution >= 0.6 is 0 Å². The van der Waals surface area contributed by atoms with Crippen LogP contribution < -0.4 is 4.40 Å². The molecule has 2 aromatic carbocycles. The zero-order valence-corrected chi connectivity index (χ0v) is 10.6. The van der Waals surface area contributed by atoms with E-state index in [0.717, 1.165) is 16.3 Å². The maximum absolute atomic E-state index is 9.97. The van der Waals surface area contributed by atoms with Crippen molar-refractivity contribution in [1.29, 1.82) is 0 Å². The summed E-state index contributed by atoms with van der Waals surface area (Å²) in [6.07, 6.45) is 3.80. The maximum Gasteiger partial charge on any atom is 0.219 e. The van der Waals surface area contributed by atoms with E-state index >= 15 is 0 Å². The van der Waals surface area contributed by atoms with Crippen molar-refractivity contribution in [2.24, 2.45) is 0 Å². The van der Waals surface area contributed by atoms with Crippen molar-refractivity contribution in [2.75, 3.05) is 0 Å². The zero-order chi connectivity index (χ0) is 13.7. The highest BCUT2D eigenvalue weighted by Gasteiger charge is 2.13. The number of pyridine rings is 2. The Morgan fingerprint density at radius 1 is 0.800 bits per heavy atom. The summed E-state index contributed by atoms with van der Waals surface area (Å²) in [6.45, 7) is 0. The van der Waals surface area contributed by atoms with Gasteiger partial charge in [-0.15, -0.1) is 0 Å². The Bertz CT molecular complexity index is 977. The molecular weight excluding hydrogens is 250 g/mol. The van der Waals surface area contributed by atoms with Gasteiger partial charge in [0.05, 0.1) is 10.8 Å². The Morgan fingerprint density at radius 2 is 1.65 bits per heavy atom. The van der Waals surface area contributed by atoms with E-state index in [1.807, 2.05) is 47.1 Å². The summed E-state index contributed by atoms with van der Waals surface area (Å²) in [6, 6.07) is 15.6. The number of benzene rings is 2. The fourth-order valence-electron chi connectivity index (χ4n) is 2.68. The van der Waals surface area contributed by atoms with Crippen LogP contribution in [0.2, 0.25) is 0 Å². The van der Waals surface area contributed by atoms with Gasteiger partial charge in [-0.1, -0.05) is 18.2 Å². The van der Waals surface area contributed by atoms with Gasteiger partial charge >= 0.3 is 0 Å². The topological polar surface area (TPSA) is 44.6 Å². The van der Waals surface area contributed by atoms with E-state index in [4.69, 9.17) is 0 Å². The van der Waals surface area contributed by atoms with Crippen LogP contribution in [-0.4, -0.2) is 10.2 Å². The molecule has 0 aliphatic rings. The molecule has 0 saturated carbocycles. The molecule has 0 aliphatic carbocycles. The number of phenols is 2. The van der Waals surface area contributed by atoms with Crippen molar-refractivity contribution < 1.29 is 14.6 Å². The van der Waals surface area contributed by atoms with Gasteiger partial charge in [0.15, 0.2) is 23.9 Å². The summed E-state index contributed by atoms with van der Waals surface area (Å²) in [7, 11) is 0. The van der Waals surface area contributed by atoms with Crippen LogP contribution in [0.15, 0.2) is 60.9 Å². The second kappa shape index (κ2) is 3.84. The van der Waals surface area contributed by atoms with E-state index in [0.29, 0.717) is 5.39 Å². The molecule has 2 aromatic heterocycles. The van der Waals surface area contributed by atoms with Crippen LogP contribution in [0.1, 0.15) is 0 Å².